The summed E-state index contributed by atoms with van der Waals surface area (Å²) >= 11 is 1.30. The van der Waals surface area contributed by atoms with E-state index in [1.54, 1.807) is 37.3 Å². The maximum absolute atomic E-state index is 12.8. The van der Waals surface area contributed by atoms with Crippen LogP contribution in [0, 0.1) is 5.92 Å². The van der Waals surface area contributed by atoms with Crippen LogP contribution in [0.15, 0.2) is 53.7 Å². The summed E-state index contributed by atoms with van der Waals surface area (Å²) in [5.74, 6) is 1.63. The molecule has 0 saturated heterocycles. The Morgan fingerprint density at radius 1 is 1.03 bits per heavy atom. The average Bonchev–Trinajstić information content (AvgIpc) is 3.44. The highest BCUT2D eigenvalue weighted by molar-refractivity contribution is 8.00. The molecule has 2 N–H and O–H groups in total. The number of nitrogens with zero attached hydrogens (tertiary/aromatic N) is 3. The number of carbonyl (C=O) groups excluding carboxylic acids is 2. The lowest BCUT2D eigenvalue weighted by Gasteiger charge is -2.22. The molecular formula is C24H27N5O4S. The number of nitrogens with one attached hydrogen (secondary N) is 2. The van der Waals surface area contributed by atoms with Crippen molar-refractivity contribution in [3.8, 4) is 11.5 Å². The van der Waals surface area contributed by atoms with Gasteiger partial charge in [-0.2, -0.15) is 0 Å². The van der Waals surface area contributed by atoms with Crippen LogP contribution in [0.1, 0.15) is 43.0 Å². The second kappa shape index (κ2) is 10.2. The van der Waals surface area contributed by atoms with Gasteiger partial charge in [-0.1, -0.05) is 43.8 Å². The number of anilines is 1. The van der Waals surface area contributed by atoms with E-state index >= 15 is 0 Å². The number of aromatic nitrogens is 3. The summed E-state index contributed by atoms with van der Waals surface area (Å²) in [6.07, 6.45) is 0. The van der Waals surface area contributed by atoms with Crippen LogP contribution in [-0.4, -0.2) is 38.6 Å². The first kappa shape index (κ1) is 23.6. The van der Waals surface area contributed by atoms with Crippen molar-refractivity contribution in [2.75, 3.05) is 12.1 Å². The van der Waals surface area contributed by atoms with Gasteiger partial charge in [-0.25, -0.2) is 0 Å². The molecule has 0 saturated carbocycles. The van der Waals surface area contributed by atoms with Gasteiger partial charge in [0.1, 0.15) is 0 Å². The molecule has 0 bridgehead atoms. The van der Waals surface area contributed by atoms with Crippen LogP contribution in [-0.2, 0) is 11.8 Å². The zero-order chi connectivity index (χ0) is 24.2. The van der Waals surface area contributed by atoms with Gasteiger partial charge >= 0.3 is 0 Å². The fraction of sp³-hybridized carbons (Fsp3) is 0.333. The molecule has 0 fully saturated rings. The summed E-state index contributed by atoms with van der Waals surface area (Å²) in [5.41, 5.74) is 1.21. The normalized spacial score (nSPS) is 14.0. The topological polar surface area (TPSA) is 107 Å². The highest BCUT2D eigenvalue weighted by atomic mass is 32.2. The first-order valence-electron chi connectivity index (χ1n) is 11.0. The molecule has 4 rings (SSSR count). The lowest BCUT2D eigenvalue weighted by Crippen LogP contribution is -2.33. The van der Waals surface area contributed by atoms with Crippen molar-refractivity contribution in [3.05, 3.63) is 59.9 Å². The Kier molecular flexibility index (Phi) is 7.06. The molecule has 10 heteroatoms. The number of thioether (sulfide) groups is 1. The number of rotatable bonds is 8. The zero-order valence-corrected chi connectivity index (χ0v) is 20.3. The van der Waals surface area contributed by atoms with Gasteiger partial charge in [-0.15, -0.1) is 10.2 Å². The van der Waals surface area contributed by atoms with E-state index in [-0.39, 0.29) is 30.6 Å². The van der Waals surface area contributed by atoms with Crippen molar-refractivity contribution in [2.45, 2.75) is 37.2 Å². The number of benzene rings is 2. The lowest BCUT2D eigenvalue weighted by atomic mass is 10.0. The molecule has 178 valence electrons. The fourth-order valence-electron chi connectivity index (χ4n) is 3.47. The molecular weight excluding hydrogens is 454 g/mol. The molecule has 0 unspecified atom stereocenters. The summed E-state index contributed by atoms with van der Waals surface area (Å²) in [4.78, 5) is 25.5. The van der Waals surface area contributed by atoms with E-state index in [9.17, 15) is 9.59 Å². The third kappa shape index (κ3) is 5.17. The Balaban J connectivity index is 1.43. The van der Waals surface area contributed by atoms with Crippen molar-refractivity contribution < 1.29 is 19.1 Å². The summed E-state index contributed by atoms with van der Waals surface area (Å²) in [6, 6.07) is 14.0. The Labute approximate surface area is 202 Å². The maximum atomic E-state index is 12.8. The second-order valence-corrected chi connectivity index (χ2v) is 9.59. The highest BCUT2D eigenvalue weighted by Crippen LogP contribution is 2.34. The van der Waals surface area contributed by atoms with Crippen LogP contribution in [0.5, 0.6) is 11.5 Å². The lowest BCUT2D eigenvalue weighted by molar-refractivity contribution is -0.115. The van der Waals surface area contributed by atoms with Gasteiger partial charge in [-0.05, 0) is 37.1 Å². The molecule has 2 atom stereocenters. The minimum atomic E-state index is -0.433. The molecule has 34 heavy (non-hydrogen) atoms. The molecule has 9 nitrogen and oxygen atoms in total. The van der Waals surface area contributed by atoms with E-state index in [0.29, 0.717) is 33.7 Å². The summed E-state index contributed by atoms with van der Waals surface area (Å²) in [7, 11) is 1.84. The Morgan fingerprint density at radius 3 is 2.50 bits per heavy atom. The average molecular weight is 482 g/mol. The van der Waals surface area contributed by atoms with Gasteiger partial charge in [0.25, 0.3) is 5.91 Å². The summed E-state index contributed by atoms with van der Waals surface area (Å²) < 4.78 is 12.5. The van der Waals surface area contributed by atoms with E-state index < -0.39 is 5.25 Å². The van der Waals surface area contributed by atoms with E-state index in [0.717, 1.165) is 0 Å². The van der Waals surface area contributed by atoms with Crippen molar-refractivity contribution in [1.82, 2.24) is 20.1 Å². The van der Waals surface area contributed by atoms with E-state index in [4.69, 9.17) is 9.47 Å². The predicted molar refractivity (Wildman–Crippen MR) is 129 cm³/mol. The molecule has 3 aromatic rings. The molecule has 1 aliphatic heterocycles. The molecule has 0 aliphatic carbocycles. The number of hydrogen-bond donors (Lipinski definition) is 2. The zero-order valence-electron chi connectivity index (χ0n) is 19.4. The molecule has 2 amide bonds. The molecule has 1 aromatic heterocycles. The van der Waals surface area contributed by atoms with Gasteiger partial charge in [0, 0.05) is 24.4 Å². The predicted octanol–water partition coefficient (Wildman–Crippen LogP) is 3.79. The van der Waals surface area contributed by atoms with Crippen LogP contribution in [0.2, 0.25) is 0 Å². The summed E-state index contributed by atoms with van der Waals surface area (Å²) in [6.45, 7) is 6.01. The standard InChI is InChI=1S/C24H27N5O4S/c1-14(2)20(26-23(31)16-8-6-5-7-9-16)21-27-28-24(29(21)4)34-15(3)22(30)25-17-10-11-18-19(12-17)33-13-32-18/h5-12,14-15,20H,13H2,1-4H3,(H,25,30)(H,26,31)/t15-,20+/m1/s1. The van der Waals surface area contributed by atoms with E-state index in [2.05, 4.69) is 20.8 Å². The molecule has 1 aliphatic rings. The Hall–Kier alpha value is -3.53. The summed E-state index contributed by atoms with van der Waals surface area (Å²) in [5, 5.41) is 14.7. The van der Waals surface area contributed by atoms with E-state index in [1.165, 1.54) is 11.8 Å². The molecule has 2 heterocycles. The van der Waals surface area contributed by atoms with E-state index in [1.807, 2.05) is 43.7 Å². The maximum Gasteiger partial charge on any atom is 0.251 e. The van der Waals surface area contributed by atoms with Crippen LogP contribution in [0.25, 0.3) is 0 Å². The van der Waals surface area contributed by atoms with Gasteiger partial charge in [0.2, 0.25) is 12.7 Å². The first-order chi connectivity index (χ1) is 16.3. The third-order valence-corrected chi connectivity index (χ3v) is 6.56. The van der Waals surface area contributed by atoms with Crippen LogP contribution >= 0.6 is 11.8 Å². The number of hydrogen-bond acceptors (Lipinski definition) is 7. The number of amides is 2. The quantitative estimate of drug-likeness (QED) is 0.471. The van der Waals surface area contributed by atoms with Gasteiger partial charge in [-0.3, -0.25) is 9.59 Å². The first-order valence-corrected chi connectivity index (χ1v) is 11.8. The largest absolute Gasteiger partial charge is 0.454 e. The van der Waals surface area contributed by atoms with Gasteiger partial charge < -0.3 is 24.7 Å². The van der Waals surface area contributed by atoms with Crippen molar-refractivity contribution in [2.24, 2.45) is 13.0 Å². The Morgan fingerprint density at radius 2 is 1.76 bits per heavy atom. The van der Waals surface area contributed by atoms with Crippen molar-refractivity contribution in [3.63, 3.8) is 0 Å². The SMILES string of the molecule is CC(C)[C@H](NC(=O)c1ccccc1)c1nnc(S[C@H](C)C(=O)Nc2ccc3c(c2)OCO3)n1C. The Bertz CT molecular complexity index is 1180. The van der Waals surface area contributed by atoms with Crippen LogP contribution < -0.4 is 20.1 Å². The minimum absolute atomic E-state index is 0.0835. The van der Waals surface area contributed by atoms with Crippen molar-refractivity contribution >= 4 is 29.3 Å². The second-order valence-electron chi connectivity index (χ2n) is 8.28. The third-order valence-electron chi connectivity index (χ3n) is 5.43. The van der Waals surface area contributed by atoms with Crippen LogP contribution in [0.3, 0.4) is 0 Å². The minimum Gasteiger partial charge on any atom is -0.454 e. The van der Waals surface area contributed by atoms with Gasteiger partial charge in [0.15, 0.2) is 22.5 Å². The number of ether oxygens (including phenoxy) is 2. The number of carbonyl (C=O) groups is 2. The molecule has 0 radical (unpaired) electrons. The molecule has 0 spiro atoms. The smallest absolute Gasteiger partial charge is 0.251 e. The van der Waals surface area contributed by atoms with Crippen LogP contribution in [0.4, 0.5) is 5.69 Å². The highest BCUT2D eigenvalue weighted by Gasteiger charge is 2.27. The van der Waals surface area contributed by atoms with Crippen molar-refractivity contribution in [1.29, 1.82) is 0 Å². The monoisotopic (exact) mass is 481 g/mol. The molecule has 2 aromatic carbocycles. The fourth-order valence-corrected chi connectivity index (χ4v) is 4.29. The van der Waals surface area contributed by atoms with Gasteiger partial charge in [0.05, 0.1) is 11.3 Å². The number of fused-ring (bicyclic) bond motifs is 1.